The molecule has 0 aliphatic heterocycles. The lowest BCUT2D eigenvalue weighted by molar-refractivity contribution is 0.0725. The van der Waals surface area contributed by atoms with Crippen LogP contribution in [0.3, 0.4) is 0 Å². The Labute approximate surface area is 185 Å². The average molecular weight is 419 g/mol. The van der Waals surface area contributed by atoms with Crippen molar-refractivity contribution in [3.05, 3.63) is 124 Å². The number of H-pyrrole nitrogens is 1. The molecule has 0 aliphatic carbocycles. The number of nitrogens with zero attached hydrogens (tertiary/aromatic N) is 2. The molecule has 0 radical (unpaired) electrons. The van der Waals surface area contributed by atoms with Crippen LogP contribution in [0.15, 0.2) is 102 Å². The Hall–Kier alpha value is -4.25. The number of hydrogen-bond acceptors (Lipinski definition) is 3. The van der Waals surface area contributed by atoms with Gasteiger partial charge in [0.15, 0.2) is 0 Å². The number of nitrogens with one attached hydrogen (secondary N) is 1. The second-order valence-electron chi connectivity index (χ2n) is 7.74. The van der Waals surface area contributed by atoms with Crippen LogP contribution in [0.1, 0.15) is 21.7 Å². The van der Waals surface area contributed by atoms with E-state index in [1.165, 1.54) is 0 Å². The predicted octanol–water partition coefficient (Wildman–Crippen LogP) is 4.92. The molecule has 1 aromatic heterocycles. The largest absolute Gasteiger partial charge is 0.327 e. The van der Waals surface area contributed by atoms with Gasteiger partial charge in [0.05, 0.1) is 17.4 Å². The molecule has 5 heteroatoms. The van der Waals surface area contributed by atoms with E-state index in [2.05, 4.69) is 9.97 Å². The lowest BCUT2D eigenvalue weighted by atomic mass is 10.1. The summed E-state index contributed by atoms with van der Waals surface area (Å²) in [5, 5.41) is 2.63. The molecule has 1 heterocycles. The van der Waals surface area contributed by atoms with E-state index < -0.39 is 0 Å². The third kappa shape index (κ3) is 4.01. The Morgan fingerprint density at radius 3 is 2.34 bits per heavy atom. The molecule has 156 valence electrons. The molecule has 1 amide bonds. The molecule has 32 heavy (non-hydrogen) atoms. The zero-order valence-corrected chi connectivity index (χ0v) is 17.4. The summed E-state index contributed by atoms with van der Waals surface area (Å²) >= 11 is 0. The van der Waals surface area contributed by atoms with Crippen molar-refractivity contribution in [2.24, 2.45) is 0 Å². The first-order valence-electron chi connectivity index (χ1n) is 10.5. The smallest absolute Gasteiger partial charge is 0.258 e. The number of aromatic amines is 1. The van der Waals surface area contributed by atoms with Gasteiger partial charge in [-0.1, -0.05) is 72.8 Å². The van der Waals surface area contributed by atoms with Gasteiger partial charge in [-0.15, -0.1) is 0 Å². The van der Waals surface area contributed by atoms with E-state index in [4.69, 9.17) is 0 Å². The number of fused-ring (bicyclic) bond motifs is 2. The highest BCUT2D eigenvalue weighted by Crippen LogP contribution is 2.19. The lowest BCUT2D eigenvalue weighted by Crippen LogP contribution is -2.31. The zero-order chi connectivity index (χ0) is 21.9. The van der Waals surface area contributed by atoms with Crippen molar-refractivity contribution in [1.29, 1.82) is 0 Å². The molecule has 0 aliphatic rings. The van der Waals surface area contributed by atoms with E-state index in [1.54, 1.807) is 17.0 Å². The minimum Gasteiger partial charge on any atom is -0.327 e. The Morgan fingerprint density at radius 2 is 1.50 bits per heavy atom. The van der Waals surface area contributed by atoms with Crippen LogP contribution in [0.25, 0.3) is 21.7 Å². The lowest BCUT2D eigenvalue weighted by Gasteiger charge is -2.23. The first-order chi connectivity index (χ1) is 15.7. The molecule has 0 saturated carbocycles. The molecule has 0 unspecified atom stereocenters. The number of carbonyl (C=O) groups excluding carboxylic acids is 1. The Kier molecular flexibility index (Phi) is 5.22. The molecule has 5 rings (SSSR count). The normalized spacial score (nSPS) is 11.0. The molecule has 0 atom stereocenters. The number of benzene rings is 4. The van der Waals surface area contributed by atoms with Crippen LogP contribution < -0.4 is 5.56 Å². The van der Waals surface area contributed by atoms with E-state index in [0.29, 0.717) is 28.8 Å². The number of rotatable bonds is 5. The fraction of sp³-hybridized carbons (Fsp3) is 0.0741. The zero-order valence-electron chi connectivity index (χ0n) is 17.4. The minimum atomic E-state index is -0.205. The number of aromatic nitrogens is 2. The second kappa shape index (κ2) is 8.47. The van der Waals surface area contributed by atoms with Gasteiger partial charge in [0, 0.05) is 12.1 Å². The highest BCUT2D eigenvalue weighted by Gasteiger charge is 2.19. The quantitative estimate of drug-likeness (QED) is 0.440. The predicted molar refractivity (Wildman–Crippen MR) is 126 cm³/mol. The summed E-state index contributed by atoms with van der Waals surface area (Å²) in [4.78, 5) is 35.2. The van der Waals surface area contributed by atoms with Crippen molar-refractivity contribution in [3.63, 3.8) is 0 Å². The van der Waals surface area contributed by atoms with Gasteiger partial charge in [-0.05, 0) is 40.6 Å². The average Bonchev–Trinajstić information content (AvgIpc) is 2.83. The Bertz CT molecular complexity index is 1480. The molecule has 0 fully saturated rings. The maximum Gasteiger partial charge on any atom is 0.258 e. The van der Waals surface area contributed by atoms with Crippen LogP contribution in [0, 0.1) is 0 Å². The molecule has 0 bridgehead atoms. The van der Waals surface area contributed by atoms with Crippen LogP contribution in [0.5, 0.6) is 0 Å². The maximum atomic E-state index is 13.6. The minimum absolute atomic E-state index is 0.115. The molecule has 5 aromatic rings. The fourth-order valence-electron chi connectivity index (χ4n) is 3.90. The summed E-state index contributed by atoms with van der Waals surface area (Å²) in [6, 6.07) is 30.7. The van der Waals surface area contributed by atoms with Gasteiger partial charge < -0.3 is 9.88 Å². The maximum absolute atomic E-state index is 13.6. The highest BCUT2D eigenvalue weighted by molar-refractivity contribution is 5.98. The van der Waals surface area contributed by atoms with Crippen molar-refractivity contribution in [1.82, 2.24) is 14.9 Å². The van der Waals surface area contributed by atoms with Gasteiger partial charge in [-0.2, -0.15) is 0 Å². The van der Waals surface area contributed by atoms with Gasteiger partial charge in [-0.3, -0.25) is 9.59 Å². The number of para-hydroxylation sites is 1. The van der Waals surface area contributed by atoms with Gasteiger partial charge in [0.1, 0.15) is 5.82 Å². The van der Waals surface area contributed by atoms with Crippen LogP contribution in [-0.4, -0.2) is 20.8 Å². The fourth-order valence-corrected chi connectivity index (χ4v) is 3.90. The number of carbonyl (C=O) groups is 1. The molecule has 5 nitrogen and oxygen atoms in total. The second-order valence-corrected chi connectivity index (χ2v) is 7.74. The summed E-state index contributed by atoms with van der Waals surface area (Å²) in [7, 11) is 0. The van der Waals surface area contributed by atoms with E-state index in [9.17, 15) is 9.59 Å². The third-order valence-corrected chi connectivity index (χ3v) is 5.50. The summed E-state index contributed by atoms with van der Waals surface area (Å²) < 4.78 is 0. The van der Waals surface area contributed by atoms with Gasteiger partial charge in [0.25, 0.3) is 11.5 Å². The van der Waals surface area contributed by atoms with E-state index in [-0.39, 0.29) is 18.0 Å². The summed E-state index contributed by atoms with van der Waals surface area (Å²) in [5.41, 5.74) is 2.01. The topological polar surface area (TPSA) is 66.1 Å². The van der Waals surface area contributed by atoms with E-state index >= 15 is 0 Å². The van der Waals surface area contributed by atoms with Gasteiger partial charge in [-0.25, -0.2) is 4.98 Å². The molecule has 1 N–H and O–H groups in total. The van der Waals surface area contributed by atoms with Crippen molar-refractivity contribution < 1.29 is 4.79 Å². The molecule has 0 saturated heterocycles. The van der Waals surface area contributed by atoms with E-state index in [1.807, 2.05) is 84.9 Å². The van der Waals surface area contributed by atoms with Gasteiger partial charge >= 0.3 is 0 Å². The first kappa shape index (κ1) is 19.7. The summed E-state index contributed by atoms with van der Waals surface area (Å²) in [6.45, 7) is 0.601. The van der Waals surface area contributed by atoms with Crippen molar-refractivity contribution in [2.75, 3.05) is 0 Å². The van der Waals surface area contributed by atoms with Crippen LogP contribution in [0.4, 0.5) is 0 Å². The van der Waals surface area contributed by atoms with Crippen molar-refractivity contribution in [3.8, 4) is 0 Å². The first-order valence-corrected chi connectivity index (χ1v) is 10.5. The monoisotopic (exact) mass is 419 g/mol. The molecular formula is C27H21N3O2. The van der Waals surface area contributed by atoms with Crippen molar-refractivity contribution >= 4 is 27.6 Å². The Morgan fingerprint density at radius 1 is 0.781 bits per heavy atom. The van der Waals surface area contributed by atoms with Crippen molar-refractivity contribution in [2.45, 2.75) is 13.1 Å². The summed E-state index contributed by atoms with van der Waals surface area (Å²) in [5.74, 6) is 0.342. The van der Waals surface area contributed by atoms with Crippen LogP contribution in [0.2, 0.25) is 0 Å². The van der Waals surface area contributed by atoms with Gasteiger partial charge in [0.2, 0.25) is 0 Å². The van der Waals surface area contributed by atoms with Crippen LogP contribution in [-0.2, 0) is 13.1 Å². The summed E-state index contributed by atoms with van der Waals surface area (Å²) in [6.07, 6.45) is 0. The molecule has 0 spiro atoms. The van der Waals surface area contributed by atoms with Crippen LogP contribution >= 0.6 is 0 Å². The van der Waals surface area contributed by atoms with E-state index in [0.717, 1.165) is 16.3 Å². The standard InChI is InChI=1S/C27H21N3O2/c31-26-23-12-6-7-13-24(23)28-25(29-26)18-30(17-19-8-2-1-3-9-19)27(32)22-15-14-20-10-4-5-11-21(20)16-22/h1-16H,17-18H2,(H,28,29,31). The number of amides is 1. The molecule has 4 aromatic carbocycles. The highest BCUT2D eigenvalue weighted by atomic mass is 16.2. The SMILES string of the molecule is O=C(c1ccc2ccccc2c1)N(Cc1ccccc1)Cc1nc2ccccc2c(=O)[nH]1. The third-order valence-electron chi connectivity index (χ3n) is 5.50. The Balaban J connectivity index is 1.52. The number of hydrogen-bond donors (Lipinski definition) is 1. The molecular weight excluding hydrogens is 398 g/mol.